The Morgan fingerprint density at radius 1 is 1.35 bits per heavy atom. The smallest absolute Gasteiger partial charge is 0.273 e. The number of amides is 1. The van der Waals surface area contributed by atoms with Gasteiger partial charge in [-0.1, -0.05) is 37.3 Å². The summed E-state index contributed by atoms with van der Waals surface area (Å²) in [5.41, 5.74) is 7.31. The van der Waals surface area contributed by atoms with E-state index in [4.69, 9.17) is 5.73 Å². The monoisotopic (exact) mass is 353 g/mol. The summed E-state index contributed by atoms with van der Waals surface area (Å²) in [7, 11) is 1.86. The molecule has 2 aromatic rings. The first-order valence-corrected chi connectivity index (χ1v) is 8.49. The van der Waals surface area contributed by atoms with Crippen LogP contribution in [0.2, 0.25) is 0 Å². The summed E-state index contributed by atoms with van der Waals surface area (Å²) in [6.45, 7) is 2.67. The minimum absolute atomic E-state index is 0. The Morgan fingerprint density at radius 3 is 2.65 bits per heavy atom. The number of hydrogen-bond donors (Lipinski definition) is 1. The normalized spacial score (nSPS) is 11.6. The second-order valence-electron chi connectivity index (χ2n) is 5.33. The number of aromatic nitrogens is 1. The highest BCUT2D eigenvalue weighted by molar-refractivity contribution is 7.09. The van der Waals surface area contributed by atoms with Crippen molar-refractivity contribution in [1.82, 2.24) is 9.88 Å². The number of thiazole rings is 1. The lowest BCUT2D eigenvalue weighted by Gasteiger charge is -2.27. The van der Waals surface area contributed by atoms with Crippen molar-refractivity contribution in [3.05, 3.63) is 52.0 Å². The second-order valence-corrected chi connectivity index (χ2v) is 6.28. The van der Waals surface area contributed by atoms with Gasteiger partial charge in [0.25, 0.3) is 5.91 Å². The van der Waals surface area contributed by atoms with Crippen LogP contribution < -0.4 is 5.73 Å². The Morgan fingerprint density at radius 2 is 2.04 bits per heavy atom. The molecule has 6 heteroatoms. The molecule has 1 aromatic heterocycles. The molecule has 126 valence electrons. The van der Waals surface area contributed by atoms with Crippen molar-refractivity contribution in [2.45, 2.75) is 32.2 Å². The van der Waals surface area contributed by atoms with E-state index in [-0.39, 0.29) is 24.4 Å². The van der Waals surface area contributed by atoms with Gasteiger partial charge in [0, 0.05) is 24.9 Å². The summed E-state index contributed by atoms with van der Waals surface area (Å²) in [6.07, 6.45) is 2.50. The van der Waals surface area contributed by atoms with Gasteiger partial charge in [0.05, 0.1) is 5.01 Å². The van der Waals surface area contributed by atoms with Gasteiger partial charge in [0.1, 0.15) is 5.69 Å². The maximum absolute atomic E-state index is 12.6. The Balaban J connectivity index is 0.00000264. The first-order chi connectivity index (χ1) is 10.7. The molecule has 0 aliphatic carbocycles. The first kappa shape index (κ1) is 19.6. The molecule has 1 heterocycles. The van der Waals surface area contributed by atoms with Crippen LogP contribution in [0.25, 0.3) is 0 Å². The Kier molecular flexibility index (Phi) is 8.23. The van der Waals surface area contributed by atoms with Crippen molar-refractivity contribution in [1.29, 1.82) is 0 Å². The molecule has 0 fully saturated rings. The van der Waals surface area contributed by atoms with E-state index in [9.17, 15) is 4.79 Å². The summed E-state index contributed by atoms with van der Waals surface area (Å²) < 4.78 is 0. The predicted octanol–water partition coefficient (Wildman–Crippen LogP) is 3.16. The molecular weight excluding hydrogens is 330 g/mol. The maximum Gasteiger partial charge on any atom is 0.273 e. The van der Waals surface area contributed by atoms with E-state index in [2.05, 4.69) is 24.0 Å². The van der Waals surface area contributed by atoms with Crippen LogP contribution in [0.15, 0.2) is 35.7 Å². The third-order valence-corrected chi connectivity index (χ3v) is 4.69. The van der Waals surface area contributed by atoms with Gasteiger partial charge in [-0.3, -0.25) is 4.79 Å². The molecule has 1 unspecified atom stereocenters. The predicted molar refractivity (Wildman–Crippen MR) is 98.4 cm³/mol. The molecule has 0 saturated carbocycles. The van der Waals surface area contributed by atoms with Gasteiger partial charge in [-0.05, 0) is 24.9 Å². The molecular formula is C17H24ClN3OS. The molecule has 0 bridgehead atoms. The highest BCUT2D eigenvalue weighted by atomic mass is 35.5. The number of rotatable bonds is 7. The first-order valence-electron chi connectivity index (χ1n) is 7.61. The lowest BCUT2D eigenvalue weighted by Crippen LogP contribution is -2.38. The molecule has 0 radical (unpaired) electrons. The van der Waals surface area contributed by atoms with E-state index in [1.165, 1.54) is 16.9 Å². The number of carbonyl (C=O) groups is 1. The number of halogens is 1. The third kappa shape index (κ3) is 5.30. The number of nitrogens with zero attached hydrogens (tertiary/aromatic N) is 2. The van der Waals surface area contributed by atoms with Crippen molar-refractivity contribution in [2.24, 2.45) is 5.73 Å². The number of carbonyl (C=O) groups excluding carboxylic acids is 1. The standard InChI is InChI=1S/C17H23N3OS.ClH/c1-3-14(11-13-7-5-4-6-8-13)20(2)17(21)15-12-22-16(19-15)9-10-18;/h4-8,12,14H,3,9-11,18H2,1-2H3;1H. The van der Waals surface area contributed by atoms with Crippen LogP contribution in [0, 0.1) is 0 Å². The Bertz CT molecular complexity index is 603. The lowest BCUT2D eigenvalue weighted by molar-refractivity contribution is 0.0722. The average Bonchev–Trinajstić information content (AvgIpc) is 3.01. The summed E-state index contributed by atoms with van der Waals surface area (Å²) in [4.78, 5) is 18.8. The van der Waals surface area contributed by atoms with Crippen molar-refractivity contribution >= 4 is 29.7 Å². The van der Waals surface area contributed by atoms with E-state index in [0.717, 1.165) is 24.3 Å². The zero-order valence-electron chi connectivity index (χ0n) is 13.6. The molecule has 0 saturated heterocycles. The van der Waals surface area contributed by atoms with E-state index in [1.807, 2.05) is 35.5 Å². The molecule has 4 nitrogen and oxygen atoms in total. The molecule has 1 aromatic carbocycles. The van der Waals surface area contributed by atoms with Crippen molar-refractivity contribution in [3.63, 3.8) is 0 Å². The summed E-state index contributed by atoms with van der Waals surface area (Å²) in [5.74, 6) is -0.0118. The highest BCUT2D eigenvalue weighted by Gasteiger charge is 2.22. The number of hydrogen-bond acceptors (Lipinski definition) is 4. The minimum atomic E-state index is -0.0118. The summed E-state index contributed by atoms with van der Waals surface area (Å²) >= 11 is 1.50. The van der Waals surface area contributed by atoms with Crippen molar-refractivity contribution < 1.29 is 4.79 Å². The molecule has 2 N–H and O–H groups in total. The van der Waals surface area contributed by atoms with Crippen molar-refractivity contribution in [3.8, 4) is 0 Å². The zero-order valence-corrected chi connectivity index (χ0v) is 15.2. The van der Waals surface area contributed by atoms with E-state index < -0.39 is 0 Å². The maximum atomic E-state index is 12.6. The molecule has 1 atom stereocenters. The van der Waals surface area contributed by atoms with Gasteiger partial charge >= 0.3 is 0 Å². The molecule has 2 rings (SSSR count). The van der Waals surface area contributed by atoms with Crippen molar-refractivity contribution in [2.75, 3.05) is 13.6 Å². The fourth-order valence-corrected chi connectivity index (χ4v) is 3.22. The molecule has 0 aliphatic rings. The van der Waals surface area contributed by atoms with Crippen LogP contribution in [0.1, 0.15) is 34.4 Å². The molecule has 23 heavy (non-hydrogen) atoms. The summed E-state index contributed by atoms with van der Waals surface area (Å²) in [5, 5.41) is 2.76. The van der Waals surface area contributed by atoms with Gasteiger partial charge in [-0.2, -0.15) is 0 Å². The molecule has 1 amide bonds. The Labute approximate surface area is 148 Å². The summed E-state index contributed by atoms with van der Waals surface area (Å²) in [6, 6.07) is 10.4. The largest absolute Gasteiger partial charge is 0.337 e. The van der Waals surface area contributed by atoms with E-state index in [1.54, 1.807) is 0 Å². The van der Waals surface area contributed by atoms with Crippen LogP contribution in [-0.4, -0.2) is 35.4 Å². The van der Waals surface area contributed by atoms with Gasteiger partial charge in [0.2, 0.25) is 0 Å². The minimum Gasteiger partial charge on any atom is -0.337 e. The van der Waals surface area contributed by atoms with Gasteiger partial charge in [-0.25, -0.2) is 4.98 Å². The van der Waals surface area contributed by atoms with Crippen LogP contribution in [0.3, 0.4) is 0 Å². The number of benzene rings is 1. The van der Waals surface area contributed by atoms with Crippen LogP contribution in [0.5, 0.6) is 0 Å². The fraction of sp³-hybridized carbons (Fsp3) is 0.412. The fourth-order valence-electron chi connectivity index (χ4n) is 2.44. The van der Waals surface area contributed by atoms with Crippen LogP contribution in [-0.2, 0) is 12.8 Å². The average molecular weight is 354 g/mol. The number of nitrogens with two attached hydrogens (primary N) is 1. The van der Waals surface area contributed by atoms with E-state index in [0.29, 0.717) is 12.2 Å². The Hall–Kier alpha value is -1.43. The highest BCUT2D eigenvalue weighted by Crippen LogP contribution is 2.16. The second kappa shape index (κ2) is 9.65. The van der Waals surface area contributed by atoms with Crippen LogP contribution in [0.4, 0.5) is 0 Å². The lowest BCUT2D eigenvalue weighted by atomic mass is 10.0. The molecule has 0 spiro atoms. The van der Waals surface area contributed by atoms with Gasteiger partial charge in [-0.15, -0.1) is 23.7 Å². The third-order valence-electron chi connectivity index (χ3n) is 3.78. The number of likely N-dealkylation sites (N-methyl/N-ethyl adjacent to an activating group) is 1. The van der Waals surface area contributed by atoms with Gasteiger partial charge in [0.15, 0.2) is 0 Å². The van der Waals surface area contributed by atoms with Crippen LogP contribution >= 0.6 is 23.7 Å². The topological polar surface area (TPSA) is 59.2 Å². The zero-order chi connectivity index (χ0) is 15.9. The SMILES string of the molecule is CCC(Cc1ccccc1)N(C)C(=O)c1csc(CCN)n1.Cl. The molecule has 0 aliphatic heterocycles. The quantitative estimate of drug-likeness (QED) is 0.831. The van der Waals surface area contributed by atoms with Gasteiger partial charge < -0.3 is 10.6 Å². The van der Waals surface area contributed by atoms with E-state index >= 15 is 0 Å².